The maximum Gasteiger partial charge on any atom is 0.391 e. The summed E-state index contributed by atoms with van der Waals surface area (Å²) in [5, 5.41) is 3.58. The van der Waals surface area contributed by atoms with E-state index >= 15 is 0 Å². The average Bonchev–Trinajstić information content (AvgIpc) is 2.71. The number of carbonyl (C=O) groups is 2. The van der Waals surface area contributed by atoms with Crippen LogP contribution in [0.4, 0.5) is 13.2 Å². The third kappa shape index (κ3) is 4.71. The molecule has 0 saturated carbocycles. The minimum Gasteiger partial charge on any atom is -0.467 e. The highest BCUT2D eigenvalue weighted by atomic mass is 35.5. The summed E-state index contributed by atoms with van der Waals surface area (Å²) >= 11 is 6.64. The average molecular weight is 316 g/mol. The normalized spacial score (nSPS) is 12.9. The molecule has 0 bridgehead atoms. The number of esters is 1. The van der Waals surface area contributed by atoms with Gasteiger partial charge in [-0.2, -0.15) is 13.2 Å². The highest BCUT2D eigenvalue weighted by molar-refractivity contribution is 7.12. The van der Waals surface area contributed by atoms with Crippen LogP contribution in [0.15, 0.2) is 11.4 Å². The lowest BCUT2D eigenvalue weighted by molar-refractivity contribution is -0.160. The van der Waals surface area contributed by atoms with E-state index in [9.17, 15) is 22.8 Å². The van der Waals surface area contributed by atoms with Crippen molar-refractivity contribution in [3.05, 3.63) is 21.3 Å². The summed E-state index contributed by atoms with van der Waals surface area (Å²) in [6.07, 6.45) is -6.11. The fourth-order valence-corrected chi connectivity index (χ4v) is 2.29. The molecule has 1 rings (SSSR count). The van der Waals surface area contributed by atoms with Crippen LogP contribution in [0.5, 0.6) is 0 Å². The van der Waals surface area contributed by atoms with Gasteiger partial charge in [-0.15, -0.1) is 11.3 Å². The lowest BCUT2D eigenvalue weighted by Crippen LogP contribution is -2.44. The Morgan fingerprint density at radius 3 is 2.58 bits per heavy atom. The molecule has 1 atom stereocenters. The van der Waals surface area contributed by atoms with Gasteiger partial charge in [-0.25, -0.2) is 4.79 Å². The monoisotopic (exact) mass is 315 g/mol. The third-order valence-electron chi connectivity index (χ3n) is 2.05. The minimum absolute atomic E-state index is 0.0396. The predicted molar refractivity (Wildman–Crippen MR) is 63.3 cm³/mol. The summed E-state index contributed by atoms with van der Waals surface area (Å²) in [5.74, 6) is -2.02. The summed E-state index contributed by atoms with van der Waals surface area (Å²) in [6, 6.07) is -0.367. The van der Waals surface area contributed by atoms with E-state index in [1.807, 2.05) is 5.32 Å². The molecule has 9 heteroatoms. The summed E-state index contributed by atoms with van der Waals surface area (Å²) in [5.41, 5.74) is 0. The number of thiophene rings is 1. The quantitative estimate of drug-likeness (QED) is 0.869. The summed E-state index contributed by atoms with van der Waals surface area (Å²) < 4.78 is 41.1. The van der Waals surface area contributed by atoms with Gasteiger partial charge in [0.05, 0.1) is 18.6 Å². The molecule has 0 aliphatic heterocycles. The van der Waals surface area contributed by atoms with Crippen LogP contribution in [-0.4, -0.2) is 31.2 Å². The second-order valence-corrected chi connectivity index (χ2v) is 4.79. The molecule has 1 unspecified atom stereocenters. The molecule has 1 aromatic heterocycles. The van der Waals surface area contributed by atoms with Crippen LogP contribution in [-0.2, 0) is 9.53 Å². The second-order valence-electron chi connectivity index (χ2n) is 3.47. The zero-order valence-corrected chi connectivity index (χ0v) is 11.2. The number of amides is 1. The van der Waals surface area contributed by atoms with E-state index in [1.165, 1.54) is 11.4 Å². The van der Waals surface area contributed by atoms with E-state index in [0.717, 1.165) is 18.4 Å². The van der Waals surface area contributed by atoms with Crippen LogP contribution in [0, 0.1) is 0 Å². The van der Waals surface area contributed by atoms with Crippen molar-refractivity contribution in [3.63, 3.8) is 0 Å². The van der Waals surface area contributed by atoms with Crippen molar-refractivity contribution in [2.24, 2.45) is 0 Å². The lowest BCUT2D eigenvalue weighted by atomic mass is 10.2. The number of hydrogen-bond donors (Lipinski definition) is 1. The molecule has 0 saturated heterocycles. The van der Waals surface area contributed by atoms with Gasteiger partial charge in [-0.1, -0.05) is 11.6 Å². The maximum atomic E-state index is 12.3. The van der Waals surface area contributed by atoms with E-state index in [2.05, 4.69) is 4.74 Å². The molecular weight excluding hydrogens is 307 g/mol. The number of nitrogens with one attached hydrogen (secondary N) is 1. The van der Waals surface area contributed by atoms with Crippen LogP contribution in [0.25, 0.3) is 0 Å². The first-order chi connectivity index (χ1) is 8.74. The zero-order valence-electron chi connectivity index (χ0n) is 9.58. The molecule has 1 N–H and O–H groups in total. The van der Waals surface area contributed by atoms with Gasteiger partial charge in [0, 0.05) is 0 Å². The van der Waals surface area contributed by atoms with Gasteiger partial charge in [0.2, 0.25) is 0 Å². The van der Waals surface area contributed by atoms with Gasteiger partial charge in [0.1, 0.15) is 10.9 Å². The topological polar surface area (TPSA) is 55.4 Å². The Morgan fingerprint density at radius 1 is 1.53 bits per heavy atom. The molecule has 0 fully saturated rings. The highest BCUT2D eigenvalue weighted by Crippen LogP contribution is 2.24. The van der Waals surface area contributed by atoms with E-state index < -0.39 is 30.5 Å². The Bertz CT molecular complexity index is 475. The number of rotatable bonds is 4. The van der Waals surface area contributed by atoms with Gasteiger partial charge < -0.3 is 10.1 Å². The number of hydrogen-bond acceptors (Lipinski definition) is 4. The van der Waals surface area contributed by atoms with Gasteiger partial charge in [0.25, 0.3) is 5.91 Å². The first kappa shape index (κ1) is 15.8. The summed E-state index contributed by atoms with van der Waals surface area (Å²) in [4.78, 5) is 22.9. The minimum atomic E-state index is -4.61. The number of ether oxygens (including phenoxy) is 1. The molecule has 0 aliphatic carbocycles. The predicted octanol–water partition coefficient (Wildman–Crippen LogP) is 2.63. The molecular formula is C10H9ClF3NO3S. The molecule has 106 valence electrons. The molecule has 0 aromatic carbocycles. The molecule has 0 spiro atoms. The Labute approximate surface area is 115 Å². The fraction of sp³-hybridized carbons (Fsp3) is 0.400. The SMILES string of the molecule is COC(=O)C(CC(F)(F)F)NC(=O)c1sccc1Cl. The summed E-state index contributed by atoms with van der Waals surface area (Å²) in [6.45, 7) is 0. The molecule has 1 heterocycles. The molecule has 0 radical (unpaired) electrons. The van der Waals surface area contributed by atoms with Crippen molar-refractivity contribution >= 4 is 34.8 Å². The van der Waals surface area contributed by atoms with Crippen LogP contribution in [0.1, 0.15) is 16.1 Å². The van der Waals surface area contributed by atoms with Crippen LogP contribution in [0.3, 0.4) is 0 Å². The summed E-state index contributed by atoms with van der Waals surface area (Å²) in [7, 11) is 0.940. The Morgan fingerprint density at radius 2 is 2.16 bits per heavy atom. The lowest BCUT2D eigenvalue weighted by Gasteiger charge is -2.17. The smallest absolute Gasteiger partial charge is 0.391 e. The number of halogens is 4. The van der Waals surface area contributed by atoms with E-state index in [-0.39, 0.29) is 9.90 Å². The fourth-order valence-electron chi connectivity index (χ4n) is 1.25. The van der Waals surface area contributed by atoms with E-state index in [4.69, 9.17) is 11.6 Å². The van der Waals surface area contributed by atoms with E-state index in [1.54, 1.807) is 0 Å². The number of carbonyl (C=O) groups excluding carboxylic acids is 2. The molecule has 4 nitrogen and oxygen atoms in total. The van der Waals surface area contributed by atoms with Crippen LogP contribution in [0.2, 0.25) is 5.02 Å². The van der Waals surface area contributed by atoms with Crippen LogP contribution < -0.4 is 5.32 Å². The number of methoxy groups -OCH3 is 1. The van der Waals surface area contributed by atoms with Crippen molar-refractivity contribution in [1.29, 1.82) is 0 Å². The first-order valence-electron chi connectivity index (χ1n) is 4.93. The molecule has 1 aromatic rings. The molecule has 1 amide bonds. The van der Waals surface area contributed by atoms with Crippen molar-refractivity contribution in [1.82, 2.24) is 5.32 Å². The van der Waals surface area contributed by atoms with Gasteiger partial charge >= 0.3 is 12.1 Å². The third-order valence-corrected chi connectivity index (χ3v) is 3.39. The standard InChI is InChI=1S/C10H9ClF3NO3S/c1-18-9(17)6(4-10(12,13)14)15-8(16)7-5(11)2-3-19-7/h2-3,6H,4H2,1H3,(H,15,16). The van der Waals surface area contributed by atoms with Crippen molar-refractivity contribution in [2.45, 2.75) is 18.6 Å². The van der Waals surface area contributed by atoms with Gasteiger partial charge in [-0.3, -0.25) is 4.79 Å². The number of alkyl halides is 3. The Kier molecular flexibility index (Phi) is 5.19. The van der Waals surface area contributed by atoms with E-state index in [0.29, 0.717) is 0 Å². The van der Waals surface area contributed by atoms with Crippen molar-refractivity contribution in [2.75, 3.05) is 7.11 Å². The van der Waals surface area contributed by atoms with Crippen molar-refractivity contribution in [3.8, 4) is 0 Å². The Hall–Kier alpha value is -1.28. The van der Waals surface area contributed by atoms with Gasteiger partial charge in [0.15, 0.2) is 0 Å². The van der Waals surface area contributed by atoms with Crippen LogP contribution >= 0.6 is 22.9 Å². The molecule has 0 aliphatic rings. The zero-order chi connectivity index (χ0) is 14.6. The first-order valence-corrected chi connectivity index (χ1v) is 6.19. The highest BCUT2D eigenvalue weighted by Gasteiger charge is 2.37. The second kappa shape index (κ2) is 6.25. The molecule has 19 heavy (non-hydrogen) atoms. The van der Waals surface area contributed by atoms with Gasteiger partial charge in [-0.05, 0) is 11.4 Å². The van der Waals surface area contributed by atoms with Crippen molar-refractivity contribution < 1.29 is 27.5 Å². The maximum absolute atomic E-state index is 12.3. The Balaban J connectivity index is 2.81. The largest absolute Gasteiger partial charge is 0.467 e.